The lowest BCUT2D eigenvalue weighted by molar-refractivity contribution is -0.137. The van der Waals surface area contributed by atoms with Crippen LogP contribution in [0.2, 0.25) is 0 Å². The van der Waals surface area contributed by atoms with Gasteiger partial charge in [0.05, 0.1) is 17.0 Å². The van der Waals surface area contributed by atoms with Gasteiger partial charge in [-0.05, 0) is 18.2 Å². The zero-order chi connectivity index (χ0) is 19.6. The SMILES string of the molecule is CCS(=O)CN1C(=O)CN=C(c2ccccc2)c2cc(C(F)(F)F)ccc21. The van der Waals surface area contributed by atoms with Crippen molar-refractivity contribution in [1.29, 1.82) is 0 Å². The van der Waals surface area contributed by atoms with Crippen LogP contribution in [0.25, 0.3) is 0 Å². The van der Waals surface area contributed by atoms with Crippen LogP contribution in [0.4, 0.5) is 18.9 Å². The van der Waals surface area contributed by atoms with Crippen molar-refractivity contribution in [2.24, 2.45) is 4.99 Å². The number of carbonyl (C=O) groups is 1. The average Bonchev–Trinajstić information content (AvgIpc) is 2.78. The third-order valence-corrected chi connectivity index (χ3v) is 5.38. The van der Waals surface area contributed by atoms with Gasteiger partial charge in [0.2, 0.25) is 5.91 Å². The number of hydrogen-bond donors (Lipinski definition) is 0. The first-order valence-corrected chi connectivity index (χ1v) is 9.77. The molecule has 4 nitrogen and oxygen atoms in total. The lowest BCUT2D eigenvalue weighted by Gasteiger charge is -2.23. The second kappa shape index (κ2) is 7.64. The number of halogens is 3. The fraction of sp³-hybridized carbons (Fsp3) is 0.263. The highest BCUT2D eigenvalue weighted by molar-refractivity contribution is 7.85. The number of benzodiazepines with no additional fused rings is 1. The summed E-state index contributed by atoms with van der Waals surface area (Å²) in [5.41, 5.74) is 0.597. The summed E-state index contributed by atoms with van der Waals surface area (Å²) >= 11 is 0. The van der Waals surface area contributed by atoms with E-state index in [1.54, 1.807) is 37.3 Å². The molecule has 1 aliphatic rings. The maximum absolute atomic E-state index is 13.3. The van der Waals surface area contributed by atoms with E-state index in [0.29, 0.717) is 17.0 Å². The highest BCUT2D eigenvalue weighted by Gasteiger charge is 2.34. The third kappa shape index (κ3) is 4.10. The van der Waals surface area contributed by atoms with E-state index in [4.69, 9.17) is 0 Å². The van der Waals surface area contributed by atoms with Crippen molar-refractivity contribution in [2.75, 3.05) is 23.1 Å². The van der Waals surface area contributed by atoms with Crippen LogP contribution in [0.15, 0.2) is 53.5 Å². The number of anilines is 1. The van der Waals surface area contributed by atoms with Gasteiger partial charge in [0, 0.05) is 27.7 Å². The second-order valence-electron chi connectivity index (χ2n) is 5.94. The summed E-state index contributed by atoms with van der Waals surface area (Å²) in [6, 6.07) is 11.9. The minimum atomic E-state index is -4.52. The van der Waals surface area contributed by atoms with Crippen molar-refractivity contribution in [1.82, 2.24) is 0 Å². The van der Waals surface area contributed by atoms with Crippen LogP contribution in [0.3, 0.4) is 0 Å². The summed E-state index contributed by atoms with van der Waals surface area (Å²) in [6.45, 7) is 1.50. The van der Waals surface area contributed by atoms with Gasteiger partial charge in [-0.3, -0.25) is 18.9 Å². The predicted octanol–water partition coefficient (Wildman–Crippen LogP) is 3.62. The van der Waals surface area contributed by atoms with Gasteiger partial charge in [-0.25, -0.2) is 0 Å². The molecular weight excluding hydrogens is 377 g/mol. The number of nitrogens with zero attached hydrogens (tertiary/aromatic N) is 2. The molecule has 1 unspecified atom stereocenters. The van der Waals surface area contributed by atoms with Crippen molar-refractivity contribution < 1.29 is 22.2 Å². The van der Waals surface area contributed by atoms with E-state index in [2.05, 4.69) is 4.99 Å². The van der Waals surface area contributed by atoms with Gasteiger partial charge in [-0.1, -0.05) is 37.3 Å². The molecule has 0 N–H and O–H groups in total. The Hall–Kier alpha value is -2.48. The largest absolute Gasteiger partial charge is 0.416 e. The molecule has 3 rings (SSSR count). The molecule has 0 saturated heterocycles. The number of aliphatic imine (C=N–C) groups is 1. The van der Waals surface area contributed by atoms with Gasteiger partial charge in [-0.15, -0.1) is 0 Å². The number of benzene rings is 2. The molecule has 0 radical (unpaired) electrons. The first kappa shape index (κ1) is 19.3. The van der Waals surface area contributed by atoms with Gasteiger partial charge in [-0.2, -0.15) is 13.2 Å². The fourth-order valence-corrected chi connectivity index (χ4v) is 3.56. The predicted molar refractivity (Wildman–Crippen MR) is 99.4 cm³/mol. The summed E-state index contributed by atoms with van der Waals surface area (Å²) in [5, 5.41) is 0. The van der Waals surface area contributed by atoms with Gasteiger partial charge in [0.25, 0.3) is 0 Å². The van der Waals surface area contributed by atoms with Gasteiger partial charge < -0.3 is 0 Å². The third-order valence-electron chi connectivity index (χ3n) is 4.19. The van der Waals surface area contributed by atoms with E-state index in [9.17, 15) is 22.2 Å². The molecule has 1 heterocycles. The van der Waals surface area contributed by atoms with E-state index < -0.39 is 28.4 Å². The molecule has 0 bridgehead atoms. The van der Waals surface area contributed by atoms with E-state index in [-0.39, 0.29) is 23.7 Å². The Morgan fingerprint density at radius 3 is 2.48 bits per heavy atom. The smallest absolute Gasteiger partial charge is 0.298 e. The molecule has 8 heteroatoms. The highest BCUT2D eigenvalue weighted by atomic mass is 32.2. The zero-order valence-corrected chi connectivity index (χ0v) is 15.3. The monoisotopic (exact) mass is 394 g/mol. The molecule has 1 amide bonds. The number of carbonyl (C=O) groups excluding carboxylic acids is 1. The topological polar surface area (TPSA) is 49.7 Å². The molecule has 0 saturated carbocycles. The molecule has 27 heavy (non-hydrogen) atoms. The molecule has 1 atom stereocenters. The van der Waals surface area contributed by atoms with Crippen LogP contribution in [-0.4, -0.2) is 34.0 Å². The van der Waals surface area contributed by atoms with Crippen molar-refractivity contribution in [3.63, 3.8) is 0 Å². The normalized spacial score (nSPS) is 15.8. The lowest BCUT2D eigenvalue weighted by atomic mass is 9.98. The van der Waals surface area contributed by atoms with Gasteiger partial charge >= 0.3 is 6.18 Å². The van der Waals surface area contributed by atoms with Crippen LogP contribution in [0.1, 0.15) is 23.6 Å². The maximum atomic E-state index is 13.3. The molecular formula is C19H17F3N2O2S. The first-order valence-electron chi connectivity index (χ1n) is 8.28. The average molecular weight is 394 g/mol. The summed E-state index contributed by atoms with van der Waals surface area (Å²) in [5.74, 6) is -0.138. The summed E-state index contributed by atoms with van der Waals surface area (Å²) in [4.78, 5) is 18.1. The Morgan fingerprint density at radius 2 is 1.85 bits per heavy atom. The Balaban J connectivity index is 2.20. The Morgan fingerprint density at radius 1 is 1.15 bits per heavy atom. The van der Waals surface area contributed by atoms with Crippen molar-refractivity contribution in [2.45, 2.75) is 13.1 Å². The molecule has 142 valence electrons. The minimum Gasteiger partial charge on any atom is -0.298 e. The number of amides is 1. The number of alkyl halides is 3. The van der Waals surface area contributed by atoms with E-state index in [1.807, 2.05) is 0 Å². The quantitative estimate of drug-likeness (QED) is 0.795. The Bertz CT molecular complexity index is 911. The highest BCUT2D eigenvalue weighted by Crippen LogP contribution is 2.35. The van der Waals surface area contributed by atoms with E-state index >= 15 is 0 Å². The van der Waals surface area contributed by atoms with Crippen molar-refractivity contribution in [3.8, 4) is 0 Å². The van der Waals surface area contributed by atoms with Gasteiger partial charge in [0.1, 0.15) is 12.4 Å². The second-order valence-corrected chi connectivity index (χ2v) is 7.66. The Labute approximate surface area is 157 Å². The number of hydrogen-bond acceptors (Lipinski definition) is 3. The molecule has 2 aromatic rings. The van der Waals surface area contributed by atoms with Crippen LogP contribution < -0.4 is 4.90 Å². The Kier molecular flexibility index (Phi) is 5.46. The maximum Gasteiger partial charge on any atom is 0.416 e. The summed E-state index contributed by atoms with van der Waals surface area (Å²) in [7, 11) is -1.31. The molecule has 0 aromatic heterocycles. The molecule has 0 spiro atoms. The van der Waals surface area contributed by atoms with Crippen molar-refractivity contribution >= 4 is 28.1 Å². The van der Waals surface area contributed by atoms with Crippen LogP contribution >= 0.6 is 0 Å². The zero-order valence-electron chi connectivity index (χ0n) is 14.5. The number of rotatable bonds is 4. The van der Waals surface area contributed by atoms with Gasteiger partial charge in [0.15, 0.2) is 0 Å². The fourth-order valence-electron chi connectivity index (χ4n) is 2.81. The molecule has 2 aromatic carbocycles. The summed E-state index contributed by atoms with van der Waals surface area (Å²) in [6.07, 6.45) is -4.52. The van der Waals surface area contributed by atoms with Crippen LogP contribution in [-0.2, 0) is 21.8 Å². The minimum absolute atomic E-state index is 0.0781. The first-order chi connectivity index (χ1) is 12.8. The van der Waals surface area contributed by atoms with E-state index in [0.717, 1.165) is 12.1 Å². The summed E-state index contributed by atoms with van der Waals surface area (Å²) < 4.78 is 51.8. The molecule has 1 aliphatic heterocycles. The lowest BCUT2D eigenvalue weighted by Crippen LogP contribution is -2.35. The standard InChI is InChI=1S/C19H17F3N2O2S/c1-2-27(26)12-24-16-9-8-14(19(20,21)22)10-15(16)18(23-11-17(24)25)13-6-4-3-5-7-13/h3-10H,2,11-12H2,1H3. The van der Waals surface area contributed by atoms with E-state index in [1.165, 1.54) is 11.0 Å². The van der Waals surface area contributed by atoms with Crippen LogP contribution in [0, 0.1) is 0 Å². The number of fused-ring (bicyclic) bond motifs is 1. The van der Waals surface area contributed by atoms with Crippen molar-refractivity contribution in [3.05, 3.63) is 65.2 Å². The molecule has 0 aliphatic carbocycles. The molecule has 0 fully saturated rings. The van der Waals surface area contributed by atoms with Crippen LogP contribution in [0.5, 0.6) is 0 Å².